The van der Waals surface area contributed by atoms with Gasteiger partial charge in [-0.25, -0.2) is 24.7 Å². The van der Waals surface area contributed by atoms with Crippen LogP contribution in [0.5, 0.6) is 0 Å². The van der Waals surface area contributed by atoms with Crippen molar-refractivity contribution < 1.29 is 23.1 Å². The predicted octanol–water partition coefficient (Wildman–Crippen LogP) is 4.13. The number of carboxylic acid groups (broad SMARTS) is 1. The molecule has 1 aliphatic heterocycles. The Hall–Kier alpha value is -4.28. The fourth-order valence-corrected chi connectivity index (χ4v) is 3.94. The van der Waals surface area contributed by atoms with Crippen molar-refractivity contribution in [1.29, 1.82) is 0 Å². The Balaban J connectivity index is 1.45. The summed E-state index contributed by atoms with van der Waals surface area (Å²) in [5.41, 5.74) is 1.81. The number of hydrogen-bond donors (Lipinski definition) is 1. The van der Waals surface area contributed by atoms with Crippen LogP contribution in [-0.2, 0) is 6.18 Å². The van der Waals surface area contributed by atoms with Gasteiger partial charge in [-0.15, -0.1) is 0 Å². The maximum absolute atomic E-state index is 12.8. The number of anilines is 2. The largest absolute Gasteiger partial charge is 0.478 e. The number of fused-ring (bicyclic) bond motifs is 1. The first-order valence-corrected chi connectivity index (χ1v) is 10.8. The highest BCUT2D eigenvalue weighted by Crippen LogP contribution is 2.32. The van der Waals surface area contributed by atoms with Gasteiger partial charge in [0.05, 0.1) is 22.2 Å². The van der Waals surface area contributed by atoms with Crippen LogP contribution in [0.1, 0.15) is 15.9 Å². The highest BCUT2D eigenvalue weighted by Gasteiger charge is 2.32. The van der Waals surface area contributed by atoms with E-state index in [2.05, 4.69) is 9.97 Å². The first-order valence-electron chi connectivity index (χ1n) is 10.8. The molecular weight excluding hydrogens is 461 g/mol. The summed E-state index contributed by atoms with van der Waals surface area (Å²) in [6.07, 6.45) is -2.91. The molecule has 0 unspecified atom stereocenters. The second-order valence-electron chi connectivity index (χ2n) is 8.01. The van der Waals surface area contributed by atoms with Gasteiger partial charge in [0.15, 0.2) is 5.82 Å². The third-order valence-corrected chi connectivity index (χ3v) is 5.77. The molecule has 2 aromatic heterocycles. The van der Waals surface area contributed by atoms with E-state index in [-0.39, 0.29) is 11.5 Å². The van der Waals surface area contributed by atoms with Gasteiger partial charge >= 0.3 is 12.1 Å². The lowest BCUT2D eigenvalue weighted by Gasteiger charge is -2.36. The smallest absolute Gasteiger partial charge is 0.419 e. The van der Waals surface area contributed by atoms with Crippen LogP contribution in [0.25, 0.3) is 22.3 Å². The van der Waals surface area contributed by atoms with Crippen LogP contribution in [0.4, 0.5) is 24.9 Å². The molecule has 1 N–H and O–H groups in total. The van der Waals surface area contributed by atoms with E-state index < -0.39 is 17.7 Å². The second kappa shape index (κ2) is 8.82. The molecule has 0 amide bonds. The summed E-state index contributed by atoms with van der Waals surface area (Å²) in [5.74, 6) is -0.205. The van der Waals surface area contributed by atoms with E-state index in [4.69, 9.17) is 9.97 Å². The van der Waals surface area contributed by atoms with Crippen molar-refractivity contribution in [1.82, 2.24) is 19.9 Å². The number of hydrogen-bond acceptors (Lipinski definition) is 7. The van der Waals surface area contributed by atoms with Crippen LogP contribution in [-0.4, -0.2) is 57.2 Å². The Bertz CT molecular complexity index is 1370. The molecule has 8 nitrogen and oxygen atoms in total. The summed E-state index contributed by atoms with van der Waals surface area (Å²) >= 11 is 0. The molecule has 0 atom stereocenters. The molecule has 2 aromatic carbocycles. The van der Waals surface area contributed by atoms with E-state index in [0.717, 1.165) is 18.0 Å². The van der Waals surface area contributed by atoms with Gasteiger partial charge in [-0.1, -0.05) is 30.3 Å². The first-order chi connectivity index (χ1) is 16.8. The van der Waals surface area contributed by atoms with E-state index in [1.54, 1.807) is 6.07 Å². The van der Waals surface area contributed by atoms with Gasteiger partial charge in [-0.3, -0.25) is 0 Å². The number of aromatic nitrogens is 4. The van der Waals surface area contributed by atoms with Crippen LogP contribution in [0.2, 0.25) is 0 Å². The van der Waals surface area contributed by atoms with Gasteiger partial charge in [0.25, 0.3) is 0 Å². The fraction of sp³-hybridized carbons (Fsp3) is 0.208. The maximum atomic E-state index is 12.8. The number of nitrogens with zero attached hydrogens (tertiary/aromatic N) is 6. The lowest BCUT2D eigenvalue weighted by molar-refractivity contribution is -0.138. The highest BCUT2D eigenvalue weighted by atomic mass is 19.4. The molecule has 0 spiro atoms. The van der Waals surface area contributed by atoms with Crippen molar-refractivity contribution in [2.75, 3.05) is 36.0 Å². The van der Waals surface area contributed by atoms with Crippen LogP contribution < -0.4 is 9.80 Å². The van der Waals surface area contributed by atoms with Crippen LogP contribution in [0, 0.1) is 0 Å². The van der Waals surface area contributed by atoms with Gasteiger partial charge in [0, 0.05) is 44.1 Å². The lowest BCUT2D eigenvalue weighted by Crippen LogP contribution is -2.47. The zero-order chi connectivity index (χ0) is 24.6. The number of alkyl halides is 3. The average Bonchev–Trinajstić information content (AvgIpc) is 2.88. The minimum atomic E-state index is -4.49. The molecule has 0 bridgehead atoms. The van der Waals surface area contributed by atoms with Gasteiger partial charge in [-0.2, -0.15) is 13.2 Å². The Labute approximate surface area is 197 Å². The molecule has 4 aromatic rings. The van der Waals surface area contributed by atoms with Gasteiger partial charge in [-0.05, 0) is 18.2 Å². The Morgan fingerprint density at radius 3 is 2.14 bits per heavy atom. The van der Waals surface area contributed by atoms with Crippen LogP contribution in [0.3, 0.4) is 0 Å². The van der Waals surface area contributed by atoms with Gasteiger partial charge < -0.3 is 14.9 Å². The molecule has 0 aliphatic carbocycles. The Morgan fingerprint density at radius 1 is 0.857 bits per heavy atom. The molecule has 0 radical (unpaired) electrons. The summed E-state index contributed by atoms with van der Waals surface area (Å²) < 4.78 is 38.4. The maximum Gasteiger partial charge on any atom is 0.419 e. The summed E-state index contributed by atoms with van der Waals surface area (Å²) in [5, 5.41) is 9.36. The van der Waals surface area contributed by atoms with Crippen LogP contribution in [0.15, 0.2) is 60.9 Å². The molecule has 178 valence electrons. The summed E-state index contributed by atoms with van der Waals surface area (Å²) in [6.45, 7) is 1.94. The molecular formula is C24H19F3N6O2. The van der Waals surface area contributed by atoms with Gasteiger partial charge in [0.1, 0.15) is 5.69 Å². The fourth-order valence-electron chi connectivity index (χ4n) is 3.94. The predicted molar refractivity (Wildman–Crippen MR) is 123 cm³/mol. The van der Waals surface area contributed by atoms with E-state index in [0.29, 0.717) is 48.7 Å². The average molecular weight is 480 g/mol. The number of carbonyl (C=O) groups is 1. The third-order valence-electron chi connectivity index (χ3n) is 5.77. The minimum Gasteiger partial charge on any atom is -0.478 e. The molecule has 35 heavy (non-hydrogen) atoms. The number of carboxylic acids is 1. The molecule has 0 saturated carbocycles. The highest BCUT2D eigenvalue weighted by molar-refractivity contribution is 5.93. The first kappa shape index (κ1) is 22.5. The zero-order valence-corrected chi connectivity index (χ0v) is 18.3. The van der Waals surface area contributed by atoms with E-state index in [9.17, 15) is 23.1 Å². The Morgan fingerprint density at radius 2 is 1.51 bits per heavy atom. The monoisotopic (exact) mass is 480 g/mol. The SMILES string of the molecule is O=C(O)c1ccc2nc(-c3ccccc3)c(N3CCN(c4ncc(C(F)(F)F)cn4)CC3)nc2c1. The van der Waals surface area contributed by atoms with Crippen molar-refractivity contribution in [3.63, 3.8) is 0 Å². The number of benzene rings is 2. The third kappa shape index (κ3) is 4.57. The molecule has 3 heterocycles. The zero-order valence-electron chi connectivity index (χ0n) is 18.3. The molecule has 1 fully saturated rings. The number of halogens is 3. The number of rotatable bonds is 4. The lowest BCUT2D eigenvalue weighted by atomic mass is 10.1. The standard InChI is InChI=1S/C24H19F3N6O2/c25-24(26,27)17-13-28-23(29-14-17)33-10-8-32(9-11-33)21-20(15-4-2-1-3-5-15)30-18-7-6-16(22(34)35)12-19(18)31-21/h1-7,12-14H,8-11H2,(H,34,35). The molecule has 11 heteroatoms. The van der Waals surface area contributed by atoms with Crippen molar-refractivity contribution in [3.8, 4) is 11.3 Å². The minimum absolute atomic E-state index is 0.120. The summed E-state index contributed by atoms with van der Waals surface area (Å²) in [7, 11) is 0. The van der Waals surface area contributed by atoms with Gasteiger partial charge in [0.2, 0.25) is 5.95 Å². The van der Waals surface area contributed by atoms with Crippen molar-refractivity contribution in [2.45, 2.75) is 6.18 Å². The summed E-state index contributed by atoms with van der Waals surface area (Å²) in [4.78, 5) is 32.6. The summed E-state index contributed by atoms with van der Waals surface area (Å²) in [6, 6.07) is 14.2. The van der Waals surface area contributed by atoms with Crippen molar-refractivity contribution in [3.05, 3.63) is 72.1 Å². The molecule has 5 rings (SSSR count). The second-order valence-corrected chi connectivity index (χ2v) is 8.01. The van der Waals surface area contributed by atoms with Crippen LogP contribution >= 0.6 is 0 Å². The van der Waals surface area contributed by atoms with E-state index >= 15 is 0 Å². The topological polar surface area (TPSA) is 95.3 Å². The Kier molecular flexibility index (Phi) is 5.67. The molecule has 1 aliphatic rings. The van der Waals surface area contributed by atoms with E-state index in [1.165, 1.54) is 12.1 Å². The van der Waals surface area contributed by atoms with Crippen molar-refractivity contribution in [2.24, 2.45) is 0 Å². The van der Waals surface area contributed by atoms with Crippen molar-refractivity contribution >= 4 is 28.8 Å². The quantitative estimate of drug-likeness (QED) is 0.466. The van der Waals surface area contributed by atoms with E-state index in [1.807, 2.05) is 40.1 Å². The number of aromatic carboxylic acids is 1. The normalized spacial score (nSPS) is 14.4. The molecule has 1 saturated heterocycles. The number of piperazine rings is 1.